The molecule has 0 spiro atoms. The molecule has 2 heteroatoms. The zero-order valence-electron chi connectivity index (χ0n) is 6.80. The van der Waals surface area contributed by atoms with E-state index in [1.54, 1.807) is 0 Å². The van der Waals surface area contributed by atoms with Crippen molar-refractivity contribution in [3.8, 4) is 0 Å². The molecule has 1 heterocycles. The van der Waals surface area contributed by atoms with Gasteiger partial charge in [0.2, 0.25) is 0 Å². The zero-order valence-corrected chi connectivity index (χ0v) is 7.62. The van der Waals surface area contributed by atoms with E-state index in [1.165, 1.54) is 19.3 Å². The monoisotopic (exact) mass is 160 g/mol. The highest BCUT2D eigenvalue weighted by atomic mass is 32.2. The van der Waals surface area contributed by atoms with E-state index < -0.39 is 10.8 Å². The predicted molar refractivity (Wildman–Crippen MR) is 45.5 cm³/mol. The molecule has 1 aliphatic heterocycles. The van der Waals surface area contributed by atoms with Gasteiger partial charge in [-0.25, -0.2) is 0 Å². The van der Waals surface area contributed by atoms with Crippen LogP contribution in [0.2, 0.25) is 0 Å². The molecule has 0 aromatic heterocycles. The lowest BCUT2D eigenvalue weighted by Gasteiger charge is -2.24. The largest absolute Gasteiger partial charge is 0.259 e. The summed E-state index contributed by atoms with van der Waals surface area (Å²) in [6.45, 7) is 4.29. The van der Waals surface area contributed by atoms with Gasteiger partial charge in [0.05, 0.1) is 0 Å². The molecule has 0 saturated carbocycles. The summed E-state index contributed by atoms with van der Waals surface area (Å²) in [5.41, 5.74) is 0. The molecule has 1 rings (SSSR count). The molecule has 3 atom stereocenters. The van der Waals surface area contributed by atoms with Gasteiger partial charge in [-0.2, -0.15) is 0 Å². The van der Waals surface area contributed by atoms with E-state index >= 15 is 0 Å². The van der Waals surface area contributed by atoms with E-state index in [2.05, 4.69) is 13.8 Å². The minimum absolute atomic E-state index is 0.461. The van der Waals surface area contributed by atoms with Crippen molar-refractivity contribution in [1.29, 1.82) is 0 Å². The van der Waals surface area contributed by atoms with Gasteiger partial charge in [-0.15, -0.1) is 0 Å². The third-order valence-corrected chi connectivity index (χ3v) is 4.34. The van der Waals surface area contributed by atoms with Gasteiger partial charge in [0, 0.05) is 21.8 Å². The van der Waals surface area contributed by atoms with E-state index in [-0.39, 0.29) is 0 Å². The van der Waals surface area contributed by atoms with Crippen LogP contribution < -0.4 is 0 Å². The highest BCUT2D eigenvalue weighted by Gasteiger charge is 2.22. The Morgan fingerprint density at radius 1 is 1.50 bits per heavy atom. The number of hydrogen-bond donors (Lipinski definition) is 0. The van der Waals surface area contributed by atoms with Crippen molar-refractivity contribution in [3.63, 3.8) is 0 Å². The Labute approximate surface area is 65.7 Å². The predicted octanol–water partition coefficient (Wildman–Crippen LogP) is 1.94. The molecule has 0 aromatic rings. The van der Waals surface area contributed by atoms with Gasteiger partial charge >= 0.3 is 0 Å². The fraction of sp³-hybridized carbons (Fsp3) is 1.00. The first kappa shape index (κ1) is 8.25. The highest BCUT2D eigenvalue weighted by Crippen LogP contribution is 2.23. The fourth-order valence-electron chi connectivity index (χ4n) is 1.40. The Hall–Kier alpha value is 0.150. The average Bonchev–Trinajstić information content (AvgIpc) is 1.95. The molecule has 1 saturated heterocycles. The third-order valence-electron chi connectivity index (χ3n) is 2.41. The van der Waals surface area contributed by atoms with Crippen LogP contribution in [0.25, 0.3) is 0 Å². The average molecular weight is 160 g/mol. The van der Waals surface area contributed by atoms with Crippen LogP contribution in [0.3, 0.4) is 0 Å². The lowest BCUT2D eigenvalue weighted by atomic mass is 10.0. The Bertz CT molecular complexity index is 133. The van der Waals surface area contributed by atoms with E-state index in [0.717, 1.165) is 11.7 Å². The lowest BCUT2D eigenvalue weighted by Crippen LogP contribution is -2.26. The van der Waals surface area contributed by atoms with E-state index in [0.29, 0.717) is 5.25 Å². The summed E-state index contributed by atoms with van der Waals surface area (Å²) in [7, 11) is -0.515. The van der Waals surface area contributed by atoms with Gasteiger partial charge in [-0.1, -0.05) is 20.3 Å². The Morgan fingerprint density at radius 2 is 2.20 bits per heavy atom. The SMILES string of the molecule is CCC1CCC(C)S(=O)C1. The maximum absolute atomic E-state index is 11.3. The molecule has 1 nitrogen and oxygen atoms in total. The summed E-state index contributed by atoms with van der Waals surface area (Å²) >= 11 is 0. The highest BCUT2D eigenvalue weighted by molar-refractivity contribution is 7.85. The van der Waals surface area contributed by atoms with Crippen molar-refractivity contribution < 1.29 is 4.21 Å². The van der Waals surface area contributed by atoms with Crippen molar-refractivity contribution in [3.05, 3.63) is 0 Å². The van der Waals surface area contributed by atoms with Crippen LogP contribution in [0, 0.1) is 5.92 Å². The minimum Gasteiger partial charge on any atom is -0.259 e. The van der Waals surface area contributed by atoms with Crippen molar-refractivity contribution in [1.82, 2.24) is 0 Å². The maximum Gasteiger partial charge on any atom is 0.0320 e. The van der Waals surface area contributed by atoms with Gasteiger partial charge in [-0.3, -0.25) is 4.21 Å². The summed E-state index contributed by atoms with van der Waals surface area (Å²) in [6.07, 6.45) is 3.67. The van der Waals surface area contributed by atoms with Crippen LogP contribution in [-0.2, 0) is 10.8 Å². The normalized spacial score (nSPS) is 41.6. The van der Waals surface area contributed by atoms with E-state index in [1.807, 2.05) is 0 Å². The summed E-state index contributed by atoms with van der Waals surface area (Å²) in [5.74, 6) is 1.70. The Balaban J connectivity index is 2.41. The Kier molecular flexibility index (Phi) is 2.90. The summed E-state index contributed by atoms with van der Waals surface area (Å²) in [4.78, 5) is 0. The first-order valence-electron chi connectivity index (χ1n) is 4.11. The van der Waals surface area contributed by atoms with Crippen LogP contribution >= 0.6 is 0 Å². The molecule has 60 valence electrons. The Morgan fingerprint density at radius 3 is 2.70 bits per heavy atom. The van der Waals surface area contributed by atoms with Crippen LogP contribution in [-0.4, -0.2) is 15.2 Å². The lowest BCUT2D eigenvalue weighted by molar-refractivity contribution is 0.472. The van der Waals surface area contributed by atoms with Crippen molar-refractivity contribution >= 4 is 10.8 Å². The van der Waals surface area contributed by atoms with Gasteiger partial charge in [0.15, 0.2) is 0 Å². The van der Waals surface area contributed by atoms with Crippen molar-refractivity contribution in [2.75, 3.05) is 5.75 Å². The molecule has 0 aliphatic carbocycles. The second kappa shape index (κ2) is 3.51. The molecule has 1 fully saturated rings. The smallest absolute Gasteiger partial charge is 0.0320 e. The maximum atomic E-state index is 11.3. The molecule has 3 unspecified atom stereocenters. The van der Waals surface area contributed by atoms with Crippen LogP contribution in [0.5, 0.6) is 0 Å². The van der Waals surface area contributed by atoms with E-state index in [9.17, 15) is 4.21 Å². The minimum atomic E-state index is -0.515. The van der Waals surface area contributed by atoms with Gasteiger partial charge in [0.1, 0.15) is 0 Å². The van der Waals surface area contributed by atoms with E-state index in [4.69, 9.17) is 0 Å². The van der Waals surface area contributed by atoms with Crippen LogP contribution in [0.4, 0.5) is 0 Å². The molecule has 0 amide bonds. The number of rotatable bonds is 1. The second-order valence-corrected chi connectivity index (χ2v) is 5.11. The second-order valence-electron chi connectivity index (χ2n) is 3.21. The van der Waals surface area contributed by atoms with Crippen LogP contribution in [0.15, 0.2) is 0 Å². The summed E-state index contributed by atoms with van der Waals surface area (Å²) in [6, 6.07) is 0. The van der Waals surface area contributed by atoms with Crippen LogP contribution in [0.1, 0.15) is 33.1 Å². The molecule has 0 bridgehead atoms. The topological polar surface area (TPSA) is 17.1 Å². The van der Waals surface area contributed by atoms with Gasteiger partial charge in [0.25, 0.3) is 0 Å². The van der Waals surface area contributed by atoms with Crippen molar-refractivity contribution in [2.24, 2.45) is 5.92 Å². The third kappa shape index (κ3) is 1.82. The van der Waals surface area contributed by atoms with Gasteiger partial charge in [-0.05, 0) is 18.8 Å². The fourth-order valence-corrected chi connectivity index (χ4v) is 3.00. The standard InChI is InChI=1S/C8H16OS/c1-3-8-5-4-7(2)10(9)6-8/h7-8H,3-6H2,1-2H3. The van der Waals surface area contributed by atoms with Crippen molar-refractivity contribution in [2.45, 2.75) is 38.4 Å². The molecule has 0 radical (unpaired) electrons. The molecular weight excluding hydrogens is 144 g/mol. The summed E-state index contributed by atoms with van der Waals surface area (Å²) in [5, 5.41) is 0.461. The first-order valence-corrected chi connectivity index (χ1v) is 5.49. The van der Waals surface area contributed by atoms with Gasteiger partial charge < -0.3 is 0 Å². The quantitative estimate of drug-likeness (QED) is 0.573. The molecule has 10 heavy (non-hydrogen) atoms. The zero-order chi connectivity index (χ0) is 7.56. The number of hydrogen-bond acceptors (Lipinski definition) is 1. The molecular formula is C8H16OS. The molecule has 0 aromatic carbocycles. The first-order chi connectivity index (χ1) is 4.74. The molecule has 1 aliphatic rings. The summed E-state index contributed by atoms with van der Waals surface area (Å²) < 4.78 is 11.3. The molecule has 0 N–H and O–H groups in total.